The highest BCUT2D eigenvalue weighted by molar-refractivity contribution is 6.30. The van der Waals surface area contributed by atoms with Gasteiger partial charge in [-0.1, -0.05) is 11.6 Å². The van der Waals surface area contributed by atoms with Gasteiger partial charge in [-0.3, -0.25) is 4.57 Å². The van der Waals surface area contributed by atoms with E-state index in [1.807, 2.05) is 0 Å². The Morgan fingerprint density at radius 1 is 1.47 bits per heavy atom. The van der Waals surface area contributed by atoms with Crippen LogP contribution in [0, 0.1) is 0 Å². The Morgan fingerprint density at radius 3 is 2.60 bits per heavy atom. The molecule has 0 unspecified atom stereocenters. The van der Waals surface area contributed by atoms with Gasteiger partial charge in [0.2, 0.25) is 0 Å². The van der Waals surface area contributed by atoms with E-state index >= 15 is 0 Å². The van der Waals surface area contributed by atoms with Crippen molar-refractivity contribution in [2.45, 2.75) is 6.54 Å². The van der Waals surface area contributed by atoms with Gasteiger partial charge in [-0.25, -0.2) is 9.78 Å². The number of halogens is 2. The summed E-state index contributed by atoms with van der Waals surface area (Å²) < 4.78 is 2.34. The number of hydrogen-bond acceptors (Lipinski definition) is 2. The van der Waals surface area contributed by atoms with Crippen molar-refractivity contribution in [3.8, 4) is 0 Å². The second-order valence-electron chi connectivity index (χ2n) is 4.26. The summed E-state index contributed by atoms with van der Waals surface area (Å²) in [7, 11) is 6.22. The van der Waals surface area contributed by atoms with Crippen LogP contribution in [-0.2, 0) is 6.54 Å². The van der Waals surface area contributed by atoms with E-state index in [9.17, 15) is 4.79 Å². The van der Waals surface area contributed by atoms with Crippen LogP contribution in [0.25, 0.3) is 0 Å². The highest BCUT2D eigenvalue weighted by Gasteiger charge is 2.07. The molecule has 0 aliphatic rings. The molecule has 0 aromatic carbocycles. The fourth-order valence-corrected chi connectivity index (χ4v) is 1.16. The molecule has 0 N–H and O–H groups in total. The molecule has 86 valence electrons. The molecule has 0 fully saturated rings. The van der Waals surface area contributed by atoms with Crippen molar-refractivity contribution in [2.75, 3.05) is 27.7 Å². The van der Waals surface area contributed by atoms with Crippen LogP contribution >= 0.6 is 11.6 Å². The van der Waals surface area contributed by atoms with E-state index < -0.39 is 0 Å². The molecule has 0 amide bonds. The zero-order chi connectivity index (χ0) is 10.8. The third kappa shape index (κ3) is 5.48. The summed E-state index contributed by atoms with van der Waals surface area (Å²) in [5.74, 6) is 0. The number of quaternary nitrogens is 1. The average Bonchev–Trinajstić information content (AvgIpc) is 2.05. The molecule has 0 bridgehead atoms. The molecule has 1 rings (SSSR count). The summed E-state index contributed by atoms with van der Waals surface area (Å²) in [6, 6.07) is 0. The van der Waals surface area contributed by atoms with Crippen LogP contribution in [0.4, 0.5) is 0 Å². The minimum Gasteiger partial charge on any atom is -1.00 e. The standard InChI is InChI=1S/C9H15ClN3O.HI/c1-13(2,3)5-4-12-7-8(10)6-11-9(12)14;/h6-7H,4-5H2,1-3H3;1H/q+1;/p-1. The highest BCUT2D eigenvalue weighted by Crippen LogP contribution is 2.01. The molecular formula is C9H15ClIN3O. The molecule has 0 radical (unpaired) electrons. The van der Waals surface area contributed by atoms with E-state index in [1.165, 1.54) is 10.8 Å². The largest absolute Gasteiger partial charge is 1.00 e. The SMILES string of the molecule is C[N+](C)(C)CCn1cc(Cl)cnc1=O.[I-]. The molecule has 0 aliphatic carbocycles. The second kappa shape index (κ2) is 5.81. The Hall–Kier alpha value is -0.140. The van der Waals surface area contributed by atoms with Gasteiger partial charge in [0.15, 0.2) is 0 Å². The van der Waals surface area contributed by atoms with Gasteiger partial charge >= 0.3 is 5.69 Å². The van der Waals surface area contributed by atoms with Gasteiger partial charge in [0, 0.05) is 6.20 Å². The molecular weight excluding hydrogens is 328 g/mol. The van der Waals surface area contributed by atoms with Crippen LogP contribution in [0.3, 0.4) is 0 Å². The van der Waals surface area contributed by atoms with Crippen LogP contribution in [0.1, 0.15) is 0 Å². The fourth-order valence-electron chi connectivity index (χ4n) is 0.996. The van der Waals surface area contributed by atoms with E-state index in [0.717, 1.165) is 11.0 Å². The van der Waals surface area contributed by atoms with Crippen LogP contribution in [0.15, 0.2) is 17.2 Å². The predicted octanol–water partition coefficient (Wildman–Crippen LogP) is -2.39. The lowest BCUT2D eigenvalue weighted by Crippen LogP contribution is -3.00. The molecule has 0 aliphatic heterocycles. The van der Waals surface area contributed by atoms with Crippen molar-refractivity contribution >= 4 is 11.6 Å². The lowest BCUT2D eigenvalue weighted by atomic mass is 10.5. The molecule has 0 saturated carbocycles. The minimum atomic E-state index is -0.247. The quantitative estimate of drug-likeness (QED) is 0.453. The van der Waals surface area contributed by atoms with Gasteiger partial charge in [0.05, 0.1) is 45.5 Å². The minimum absolute atomic E-state index is 0. The number of nitrogens with zero attached hydrogens (tertiary/aromatic N) is 3. The van der Waals surface area contributed by atoms with E-state index in [4.69, 9.17) is 11.6 Å². The first-order valence-electron chi connectivity index (χ1n) is 4.41. The van der Waals surface area contributed by atoms with Crippen molar-refractivity contribution in [2.24, 2.45) is 0 Å². The maximum Gasteiger partial charge on any atom is 0.347 e. The number of likely N-dealkylation sites (N-methyl/N-ethyl adjacent to an activating group) is 1. The summed E-state index contributed by atoms with van der Waals surface area (Å²) in [4.78, 5) is 14.9. The smallest absolute Gasteiger partial charge is 0.347 e. The third-order valence-corrected chi connectivity index (χ3v) is 2.03. The Labute approximate surface area is 111 Å². The van der Waals surface area contributed by atoms with Crippen molar-refractivity contribution in [1.29, 1.82) is 0 Å². The van der Waals surface area contributed by atoms with Gasteiger partial charge in [-0.05, 0) is 0 Å². The monoisotopic (exact) mass is 343 g/mol. The molecule has 0 spiro atoms. The molecule has 4 nitrogen and oxygen atoms in total. The van der Waals surface area contributed by atoms with Gasteiger partial charge < -0.3 is 28.5 Å². The van der Waals surface area contributed by atoms with Crippen molar-refractivity contribution in [3.63, 3.8) is 0 Å². The number of rotatable bonds is 3. The van der Waals surface area contributed by atoms with Crippen molar-refractivity contribution < 1.29 is 28.5 Å². The fraction of sp³-hybridized carbons (Fsp3) is 0.556. The maximum absolute atomic E-state index is 11.3. The van der Waals surface area contributed by atoms with E-state index in [-0.39, 0.29) is 29.7 Å². The first kappa shape index (κ1) is 14.9. The van der Waals surface area contributed by atoms with Gasteiger partial charge in [0.25, 0.3) is 0 Å². The summed E-state index contributed by atoms with van der Waals surface area (Å²) in [6.45, 7) is 1.50. The normalized spacial score (nSPS) is 10.9. The van der Waals surface area contributed by atoms with E-state index in [2.05, 4.69) is 26.1 Å². The first-order valence-corrected chi connectivity index (χ1v) is 4.79. The van der Waals surface area contributed by atoms with Gasteiger partial charge in [-0.2, -0.15) is 0 Å². The Balaban J connectivity index is 0.00000196. The molecule has 0 saturated heterocycles. The molecule has 15 heavy (non-hydrogen) atoms. The van der Waals surface area contributed by atoms with E-state index in [1.54, 1.807) is 6.20 Å². The van der Waals surface area contributed by atoms with Crippen LogP contribution in [0.5, 0.6) is 0 Å². The Kier molecular flexibility index (Phi) is 5.76. The third-order valence-electron chi connectivity index (χ3n) is 1.83. The lowest BCUT2D eigenvalue weighted by Gasteiger charge is -2.23. The zero-order valence-electron chi connectivity index (χ0n) is 9.07. The van der Waals surface area contributed by atoms with Crippen molar-refractivity contribution in [3.05, 3.63) is 27.9 Å². The van der Waals surface area contributed by atoms with Crippen LogP contribution in [0.2, 0.25) is 5.02 Å². The summed E-state index contributed by atoms with van der Waals surface area (Å²) >= 11 is 5.74. The van der Waals surface area contributed by atoms with Crippen molar-refractivity contribution in [1.82, 2.24) is 9.55 Å². The highest BCUT2D eigenvalue weighted by atomic mass is 127. The Morgan fingerprint density at radius 2 is 2.07 bits per heavy atom. The predicted molar refractivity (Wildman–Crippen MR) is 56.4 cm³/mol. The maximum atomic E-state index is 11.3. The molecule has 1 aromatic heterocycles. The molecule has 0 atom stereocenters. The van der Waals surface area contributed by atoms with Crippen LogP contribution < -0.4 is 29.7 Å². The lowest BCUT2D eigenvalue weighted by molar-refractivity contribution is -0.871. The topological polar surface area (TPSA) is 34.9 Å². The number of hydrogen-bond donors (Lipinski definition) is 0. The second-order valence-corrected chi connectivity index (χ2v) is 4.70. The zero-order valence-corrected chi connectivity index (χ0v) is 12.0. The molecule has 1 heterocycles. The summed E-state index contributed by atoms with van der Waals surface area (Å²) in [5, 5.41) is 0.492. The first-order chi connectivity index (χ1) is 6.38. The average molecular weight is 344 g/mol. The molecule has 6 heteroatoms. The summed E-state index contributed by atoms with van der Waals surface area (Å²) in [5.41, 5.74) is -0.247. The number of aromatic nitrogens is 2. The summed E-state index contributed by atoms with van der Waals surface area (Å²) in [6.07, 6.45) is 2.99. The van der Waals surface area contributed by atoms with Gasteiger partial charge in [-0.15, -0.1) is 0 Å². The molecule has 1 aromatic rings. The van der Waals surface area contributed by atoms with Gasteiger partial charge in [0.1, 0.15) is 0 Å². The Bertz CT molecular complexity index is 372. The van der Waals surface area contributed by atoms with Crippen LogP contribution in [-0.4, -0.2) is 41.7 Å². The van der Waals surface area contributed by atoms with E-state index in [0.29, 0.717) is 11.6 Å².